The standard InChI is InChI=1S/3BF4.Ni.6H2O/c3*2-1(3,4)5;;;;;;;/h;;;;6*1H2/q3*-1;+2;;;;;;. The first kappa shape index (κ1) is 68.1. The van der Waals surface area contributed by atoms with E-state index in [9.17, 15) is 51.8 Å². The Labute approximate surface area is 124 Å². The minimum atomic E-state index is -6.00. The van der Waals surface area contributed by atoms with Crippen molar-refractivity contribution in [1.29, 1.82) is 0 Å². The van der Waals surface area contributed by atoms with Gasteiger partial charge in [-0.05, 0) is 0 Å². The summed E-state index contributed by atoms with van der Waals surface area (Å²) in [7, 11) is -18.0. The van der Waals surface area contributed by atoms with E-state index in [1.165, 1.54) is 0 Å². The van der Waals surface area contributed by atoms with E-state index in [2.05, 4.69) is 0 Å². The summed E-state index contributed by atoms with van der Waals surface area (Å²) in [4.78, 5) is 0. The second kappa shape index (κ2) is 25.6. The van der Waals surface area contributed by atoms with E-state index in [1.54, 1.807) is 0 Å². The molecular formula is H12B3F12NiO6-. The molecule has 0 aliphatic rings. The molecular weight excluding hydrogens is 415 g/mol. The molecule has 0 unspecified atom stereocenters. The maximum atomic E-state index is 9.75. The van der Waals surface area contributed by atoms with E-state index < -0.39 is 21.8 Å². The van der Waals surface area contributed by atoms with Gasteiger partial charge in [0.15, 0.2) is 0 Å². The minimum Gasteiger partial charge on any atom is -0.418 e. The average molecular weight is 427 g/mol. The molecule has 152 valence electrons. The Balaban J connectivity index is -0.0000000106. The minimum absolute atomic E-state index is 0. The van der Waals surface area contributed by atoms with E-state index in [1.807, 2.05) is 0 Å². The molecule has 0 saturated carbocycles. The molecule has 22 heavy (non-hydrogen) atoms. The van der Waals surface area contributed by atoms with Gasteiger partial charge in [0.05, 0.1) is 0 Å². The number of hydrogen-bond donors (Lipinski definition) is 0. The molecule has 0 fully saturated rings. The van der Waals surface area contributed by atoms with Crippen molar-refractivity contribution in [3.63, 3.8) is 0 Å². The molecule has 0 amide bonds. The first-order valence-corrected chi connectivity index (χ1v) is 2.62. The Kier molecular flexibility index (Phi) is 79.1. The molecule has 6 nitrogen and oxygen atoms in total. The third kappa shape index (κ3) is 44300. The Morgan fingerprint density at radius 1 is 0.273 bits per heavy atom. The quantitative estimate of drug-likeness (QED) is 0.337. The van der Waals surface area contributed by atoms with Crippen molar-refractivity contribution in [1.82, 2.24) is 0 Å². The Morgan fingerprint density at radius 3 is 0.273 bits per heavy atom. The van der Waals surface area contributed by atoms with E-state index >= 15 is 0 Å². The summed E-state index contributed by atoms with van der Waals surface area (Å²) in [6.45, 7) is 0. The van der Waals surface area contributed by atoms with Gasteiger partial charge in [0.1, 0.15) is 0 Å². The molecule has 0 bridgehead atoms. The number of hydrogen-bond acceptors (Lipinski definition) is 0. The van der Waals surface area contributed by atoms with Gasteiger partial charge in [0.2, 0.25) is 0 Å². The van der Waals surface area contributed by atoms with Crippen LogP contribution in [0.1, 0.15) is 0 Å². The summed E-state index contributed by atoms with van der Waals surface area (Å²) in [6.07, 6.45) is 0. The van der Waals surface area contributed by atoms with E-state index in [0.29, 0.717) is 0 Å². The molecule has 0 aromatic rings. The van der Waals surface area contributed by atoms with Crippen LogP contribution in [0.15, 0.2) is 0 Å². The molecule has 0 atom stereocenters. The van der Waals surface area contributed by atoms with Crippen molar-refractivity contribution in [2.75, 3.05) is 0 Å². The van der Waals surface area contributed by atoms with Gasteiger partial charge in [-0.3, -0.25) is 0 Å². The molecule has 0 aromatic heterocycles. The van der Waals surface area contributed by atoms with Crippen LogP contribution in [0.3, 0.4) is 0 Å². The van der Waals surface area contributed by atoms with Crippen molar-refractivity contribution >= 4 is 21.8 Å². The summed E-state index contributed by atoms with van der Waals surface area (Å²) < 4.78 is 117. The fourth-order valence-electron chi connectivity index (χ4n) is 0. The third-order valence-electron chi connectivity index (χ3n) is 0. The Bertz CT molecular complexity index is 110. The van der Waals surface area contributed by atoms with Gasteiger partial charge in [0, 0.05) is 0 Å². The van der Waals surface area contributed by atoms with Crippen LogP contribution in [0.5, 0.6) is 0 Å². The Morgan fingerprint density at radius 2 is 0.273 bits per heavy atom. The maximum Gasteiger partial charge on any atom is 2.00 e. The molecule has 0 spiro atoms. The predicted octanol–water partition coefficient (Wildman–Crippen LogP) is -1.05. The van der Waals surface area contributed by atoms with Gasteiger partial charge in [-0.25, -0.2) is 0 Å². The van der Waals surface area contributed by atoms with Gasteiger partial charge in [-0.2, -0.15) is 0 Å². The molecule has 0 heterocycles. The summed E-state index contributed by atoms with van der Waals surface area (Å²) in [5, 5.41) is 0. The van der Waals surface area contributed by atoms with Crippen LogP contribution in [0.2, 0.25) is 0 Å². The summed E-state index contributed by atoms with van der Waals surface area (Å²) in [6, 6.07) is 0. The van der Waals surface area contributed by atoms with Gasteiger partial charge < -0.3 is 84.6 Å². The fraction of sp³-hybridized carbons (Fsp3) is 0. The van der Waals surface area contributed by atoms with Gasteiger partial charge >= 0.3 is 38.3 Å². The van der Waals surface area contributed by atoms with Crippen LogP contribution in [0.25, 0.3) is 0 Å². The van der Waals surface area contributed by atoms with E-state index in [0.717, 1.165) is 0 Å². The second-order valence-electron chi connectivity index (χ2n) is 1.48. The van der Waals surface area contributed by atoms with Crippen molar-refractivity contribution in [3.05, 3.63) is 0 Å². The van der Waals surface area contributed by atoms with E-state index in [4.69, 9.17) is 0 Å². The molecule has 0 aromatic carbocycles. The van der Waals surface area contributed by atoms with Crippen LogP contribution >= 0.6 is 0 Å². The second-order valence-corrected chi connectivity index (χ2v) is 1.48. The largest absolute Gasteiger partial charge is 2.00 e. The first-order chi connectivity index (χ1) is 6.00. The smallest absolute Gasteiger partial charge is 0.418 e. The zero-order valence-electron chi connectivity index (χ0n) is 9.58. The molecule has 12 N–H and O–H groups in total. The predicted molar refractivity (Wildman–Crippen MR) is 52.2 cm³/mol. The molecule has 0 aliphatic heterocycles. The molecule has 0 aliphatic carbocycles. The fourth-order valence-corrected chi connectivity index (χ4v) is 0. The van der Waals surface area contributed by atoms with Crippen LogP contribution in [0, 0.1) is 0 Å². The first-order valence-electron chi connectivity index (χ1n) is 2.62. The van der Waals surface area contributed by atoms with Crippen molar-refractivity contribution < 1.29 is 101 Å². The zero-order valence-corrected chi connectivity index (χ0v) is 10.6. The number of rotatable bonds is 0. The van der Waals surface area contributed by atoms with Crippen LogP contribution in [0.4, 0.5) is 51.8 Å². The summed E-state index contributed by atoms with van der Waals surface area (Å²) >= 11 is 0. The Hall–Kier alpha value is -0.392. The molecule has 22 heteroatoms. The van der Waals surface area contributed by atoms with Crippen molar-refractivity contribution in [3.8, 4) is 0 Å². The summed E-state index contributed by atoms with van der Waals surface area (Å²) in [5.74, 6) is 0. The topological polar surface area (TPSA) is 189 Å². The van der Waals surface area contributed by atoms with Gasteiger partial charge in [0.25, 0.3) is 0 Å². The van der Waals surface area contributed by atoms with Crippen molar-refractivity contribution in [2.45, 2.75) is 0 Å². The normalized spacial score (nSPS) is 8.18. The monoisotopic (exact) mass is 427 g/mol. The van der Waals surface area contributed by atoms with Crippen LogP contribution < -0.4 is 0 Å². The molecule has 0 radical (unpaired) electrons. The van der Waals surface area contributed by atoms with Crippen molar-refractivity contribution in [2.24, 2.45) is 0 Å². The van der Waals surface area contributed by atoms with Crippen LogP contribution in [-0.2, 0) is 16.5 Å². The van der Waals surface area contributed by atoms with Gasteiger partial charge in [-0.1, -0.05) is 0 Å². The van der Waals surface area contributed by atoms with Gasteiger partial charge in [-0.15, -0.1) is 0 Å². The average Bonchev–Trinajstić information content (AvgIpc) is 1.41. The molecule has 0 rings (SSSR count). The number of halogens is 12. The molecule has 0 saturated heterocycles. The maximum absolute atomic E-state index is 9.75. The zero-order chi connectivity index (χ0) is 13.5. The summed E-state index contributed by atoms with van der Waals surface area (Å²) in [5.41, 5.74) is 0. The third-order valence-corrected chi connectivity index (χ3v) is 0. The van der Waals surface area contributed by atoms with Crippen LogP contribution in [-0.4, -0.2) is 54.6 Å². The van der Waals surface area contributed by atoms with E-state index in [-0.39, 0.29) is 49.3 Å². The SMILES string of the molecule is F[B-](F)(F)F.F[B-](F)(F)F.F[B-](F)(F)F.O.O.O.O.O.O.[Ni+2].